The minimum atomic E-state index is -0.923. The molecule has 3 amide bonds. The first-order valence-electron chi connectivity index (χ1n) is 12.9. The molecule has 2 fully saturated rings. The molecule has 0 aliphatic carbocycles. The number of esters is 1. The van der Waals surface area contributed by atoms with Gasteiger partial charge in [-0.05, 0) is 37.5 Å². The second-order valence-corrected chi connectivity index (χ2v) is 9.60. The third-order valence-corrected chi connectivity index (χ3v) is 6.79. The lowest BCUT2D eigenvalue weighted by Crippen LogP contribution is -2.54. The molecule has 0 saturated carbocycles. The van der Waals surface area contributed by atoms with E-state index < -0.39 is 42.2 Å². The molecule has 5 rings (SSSR count). The van der Waals surface area contributed by atoms with E-state index in [9.17, 15) is 19.2 Å². The number of aromatic nitrogens is 2. The van der Waals surface area contributed by atoms with Crippen molar-refractivity contribution < 1.29 is 28.7 Å². The highest BCUT2D eigenvalue weighted by atomic mass is 16.7. The van der Waals surface area contributed by atoms with Crippen molar-refractivity contribution in [3.63, 3.8) is 0 Å². The standard InChI is InChI=1S/C28H29N5O6/c1-17(30-25(35)22-15-29-19-10-5-6-11-20(19)31-22)27(37)33-13-7-12-23(33)26(36)32-21-14-24(34)39-28(21)38-16-18-8-3-2-4-9-18/h2-6,8-11,15,17,21,23,28H,7,12-14,16H2,1H3,(H,30,35)(H,32,36)/t17-,21-,23-,28?/m0/s1. The van der Waals surface area contributed by atoms with Crippen molar-refractivity contribution in [2.45, 2.75) is 57.2 Å². The normalized spacial score (nSPS) is 21.4. The lowest BCUT2D eigenvalue weighted by Gasteiger charge is -2.28. The molecule has 1 unspecified atom stereocenters. The highest BCUT2D eigenvalue weighted by Crippen LogP contribution is 2.22. The van der Waals surface area contributed by atoms with Crippen LogP contribution in [0.3, 0.4) is 0 Å². The van der Waals surface area contributed by atoms with Crippen LogP contribution < -0.4 is 10.6 Å². The molecule has 39 heavy (non-hydrogen) atoms. The molecule has 3 aromatic rings. The Morgan fingerprint density at radius 1 is 1.10 bits per heavy atom. The number of nitrogens with one attached hydrogen (secondary N) is 2. The number of para-hydroxylation sites is 2. The van der Waals surface area contributed by atoms with Gasteiger partial charge < -0.3 is 25.0 Å². The second kappa shape index (κ2) is 11.6. The highest BCUT2D eigenvalue weighted by molar-refractivity contribution is 5.98. The van der Waals surface area contributed by atoms with Crippen LogP contribution >= 0.6 is 0 Å². The van der Waals surface area contributed by atoms with Gasteiger partial charge in [0, 0.05) is 6.54 Å². The van der Waals surface area contributed by atoms with E-state index in [1.807, 2.05) is 36.4 Å². The van der Waals surface area contributed by atoms with Crippen LogP contribution in [-0.4, -0.2) is 69.5 Å². The number of hydrogen-bond acceptors (Lipinski definition) is 8. The zero-order valence-electron chi connectivity index (χ0n) is 21.4. The molecule has 2 saturated heterocycles. The number of carbonyl (C=O) groups is 4. The largest absolute Gasteiger partial charge is 0.433 e. The van der Waals surface area contributed by atoms with Crippen molar-refractivity contribution in [2.75, 3.05) is 6.54 Å². The Balaban J connectivity index is 1.18. The number of amides is 3. The Morgan fingerprint density at radius 2 is 1.85 bits per heavy atom. The molecule has 2 aliphatic heterocycles. The van der Waals surface area contributed by atoms with Crippen molar-refractivity contribution >= 4 is 34.7 Å². The number of benzene rings is 2. The van der Waals surface area contributed by atoms with Gasteiger partial charge in [0.1, 0.15) is 23.8 Å². The Morgan fingerprint density at radius 3 is 2.64 bits per heavy atom. The van der Waals surface area contributed by atoms with Crippen molar-refractivity contribution in [2.24, 2.45) is 0 Å². The summed E-state index contributed by atoms with van der Waals surface area (Å²) >= 11 is 0. The molecule has 2 N–H and O–H groups in total. The number of rotatable bonds is 8. The summed E-state index contributed by atoms with van der Waals surface area (Å²) in [6.45, 7) is 2.16. The zero-order valence-corrected chi connectivity index (χ0v) is 21.4. The van der Waals surface area contributed by atoms with E-state index in [2.05, 4.69) is 20.6 Å². The number of ether oxygens (including phenoxy) is 2. The summed E-state index contributed by atoms with van der Waals surface area (Å²) < 4.78 is 11.0. The van der Waals surface area contributed by atoms with Crippen LogP contribution in [0.1, 0.15) is 42.2 Å². The monoisotopic (exact) mass is 531 g/mol. The Bertz CT molecular complexity index is 1380. The summed E-state index contributed by atoms with van der Waals surface area (Å²) in [5, 5.41) is 5.50. The molecule has 3 heterocycles. The van der Waals surface area contributed by atoms with Gasteiger partial charge in [-0.1, -0.05) is 42.5 Å². The summed E-state index contributed by atoms with van der Waals surface area (Å²) in [5.41, 5.74) is 2.23. The summed E-state index contributed by atoms with van der Waals surface area (Å²) in [7, 11) is 0. The fourth-order valence-corrected chi connectivity index (χ4v) is 4.79. The molecular formula is C28H29N5O6. The smallest absolute Gasteiger partial charge is 0.310 e. The van der Waals surface area contributed by atoms with E-state index in [0.29, 0.717) is 30.4 Å². The van der Waals surface area contributed by atoms with Gasteiger partial charge in [0.05, 0.1) is 30.3 Å². The van der Waals surface area contributed by atoms with Crippen molar-refractivity contribution in [3.8, 4) is 0 Å². The van der Waals surface area contributed by atoms with Crippen LogP contribution in [0.15, 0.2) is 60.8 Å². The van der Waals surface area contributed by atoms with Gasteiger partial charge in [-0.15, -0.1) is 0 Å². The maximum Gasteiger partial charge on any atom is 0.310 e. The number of cyclic esters (lactones) is 1. The summed E-state index contributed by atoms with van der Waals surface area (Å²) in [5.74, 6) is -1.78. The number of nitrogens with zero attached hydrogens (tertiary/aromatic N) is 3. The van der Waals surface area contributed by atoms with Gasteiger partial charge in [-0.25, -0.2) is 4.98 Å². The maximum absolute atomic E-state index is 13.2. The molecule has 4 atom stereocenters. The van der Waals surface area contributed by atoms with Gasteiger partial charge in [0.15, 0.2) is 0 Å². The van der Waals surface area contributed by atoms with Crippen molar-refractivity contribution in [3.05, 3.63) is 72.1 Å². The molecule has 11 nitrogen and oxygen atoms in total. The van der Waals surface area contributed by atoms with Crippen molar-refractivity contribution in [1.82, 2.24) is 25.5 Å². The van der Waals surface area contributed by atoms with E-state index in [0.717, 1.165) is 5.56 Å². The lowest BCUT2D eigenvalue weighted by atomic mass is 10.1. The number of carbonyl (C=O) groups excluding carboxylic acids is 4. The van der Waals surface area contributed by atoms with E-state index in [4.69, 9.17) is 9.47 Å². The molecule has 0 bridgehead atoms. The van der Waals surface area contributed by atoms with Gasteiger partial charge in [-0.3, -0.25) is 24.2 Å². The maximum atomic E-state index is 13.2. The van der Waals surface area contributed by atoms with Crippen LogP contribution in [0.5, 0.6) is 0 Å². The minimum absolute atomic E-state index is 0.0227. The van der Waals surface area contributed by atoms with Crippen molar-refractivity contribution in [1.29, 1.82) is 0 Å². The van der Waals surface area contributed by atoms with Gasteiger partial charge in [0.2, 0.25) is 18.1 Å². The predicted octanol–water partition coefficient (Wildman–Crippen LogP) is 1.71. The zero-order chi connectivity index (χ0) is 27.4. The van der Waals surface area contributed by atoms with E-state index in [-0.39, 0.29) is 24.6 Å². The van der Waals surface area contributed by atoms with Gasteiger partial charge in [-0.2, -0.15) is 0 Å². The highest BCUT2D eigenvalue weighted by Gasteiger charge is 2.41. The molecule has 2 aromatic carbocycles. The summed E-state index contributed by atoms with van der Waals surface area (Å²) in [6, 6.07) is 14.3. The molecule has 2 aliphatic rings. The molecule has 0 radical (unpaired) electrons. The first kappa shape index (κ1) is 26.2. The Labute approximate surface area is 224 Å². The summed E-state index contributed by atoms with van der Waals surface area (Å²) in [4.78, 5) is 61.2. The van der Waals surface area contributed by atoms with Gasteiger partial charge >= 0.3 is 5.97 Å². The Kier molecular flexibility index (Phi) is 7.78. The number of hydrogen-bond donors (Lipinski definition) is 2. The van der Waals surface area contributed by atoms with Crippen LogP contribution in [-0.2, 0) is 30.5 Å². The quantitative estimate of drug-likeness (QED) is 0.419. The third kappa shape index (κ3) is 6.04. The predicted molar refractivity (Wildman–Crippen MR) is 139 cm³/mol. The summed E-state index contributed by atoms with van der Waals surface area (Å²) in [6.07, 6.45) is 1.52. The number of likely N-dealkylation sites (tertiary alicyclic amines) is 1. The average Bonchev–Trinajstić information content (AvgIpc) is 3.58. The van der Waals surface area contributed by atoms with Crippen LogP contribution in [0, 0.1) is 0 Å². The van der Waals surface area contributed by atoms with Crippen LogP contribution in [0.2, 0.25) is 0 Å². The fourth-order valence-electron chi connectivity index (χ4n) is 4.79. The SMILES string of the molecule is C[C@H](NC(=O)c1cnc2ccccc2n1)C(=O)N1CCC[C@H]1C(=O)N[C@H]1CC(=O)OC1OCc1ccccc1. The van der Waals surface area contributed by atoms with E-state index >= 15 is 0 Å². The molecule has 11 heteroatoms. The molecule has 0 spiro atoms. The topological polar surface area (TPSA) is 140 Å². The second-order valence-electron chi connectivity index (χ2n) is 9.60. The van der Waals surface area contributed by atoms with Crippen LogP contribution in [0.4, 0.5) is 0 Å². The lowest BCUT2D eigenvalue weighted by molar-refractivity contribution is -0.168. The molecule has 202 valence electrons. The van der Waals surface area contributed by atoms with Gasteiger partial charge in [0.25, 0.3) is 5.91 Å². The average molecular weight is 532 g/mol. The molecule has 1 aromatic heterocycles. The third-order valence-electron chi connectivity index (χ3n) is 6.79. The first-order valence-corrected chi connectivity index (χ1v) is 12.9. The Hall–Kier alpha value is -4.38. The minimum Gasteiger partial charge on any atom is -0.433 e. The first-order chi connectivity index (χ1) is 18.9. The van der Waals surface area contributed by atoms with E-state index in [1.165, 1.54) is 11.1 Å². The fraction of sp³-hybridized carbons (Fsp3) is 0.357. The number of fused-ring (bicyclic) bond motifs is 1. The van der Waals surface area contributed by atoms with E-state index in [1.54, 1.807) is 25.1 Å². The van der Waals surface area contributed by atoms with Crippen LogP contribution in [0.25, 0.3) is 11.0 Å². The molecular weight excluding hydrogens is 502 g/mol.